The summed E-state index contributed by atoms with van der Waals surface area (Å²) < 4.78 is 41.5. The number of rotatable bonds is 0. The van der Waals surface area contributed by atoms with Crippen LogP contribution in [-0.4, -0.2) is 44.0 Å². The molecule has 1 heterocycles. The molecule has 0 amide bonds. The van der Waals surface area contributed by atoms with E-state index in [2.05, 4.69) is 0 Å². The van der Waals surface area contributed by atoms with Crippen molar-refractivity contribution in [2.75, 3.05) is 26.4 Å². The second kappa shape index (κ2) is 5.44. The molecule has 1 rings (SSSR count). The van der Waals surface area contributed by atoms with Crippen LogP contribution in [0.25, 0.3) is 0 Å². The zero-order valence-corrected chi connectivity index (χ0v) is 6.58. The minimum Gasteiger partial charge on any atom is -0.377 e. The summed E-state index contributed by atoms with van der Waals surface area (Å²) in [5, 5.41) is 0. The van der Waals surface area contributed by atoms with Gasteiger partial charge in [0.25, 0.3) is 0 Å². The molecule has 0 bridgehead atoms. The third kappa shape index (κ3) is 17.7. The Bertz CT molecular complexity index is 150. The van der Waals surface area contributed by atoms with E-state index in [9.17, 15) is 0 Å². The molecule has 0 spiro atoms. The standard InChI is InChI=1S/C4H8O2.H2O4S/c1-2-6-4-3-5-1;1-5(2,3)4/h1-4H2;(H2,1,2,3,4). The highest BCUT2D eigenvalue weighted by Crippen LogP contribution is 1.85. The maximum absolute atomic E-state index is 8.74. The fourth-order valence-corrected chi connectivity index (χ4v) is 0.440. The molecule has 1 aliphatic heterocycles. The second-order valence-electron chi connectivity index (χ2n) is 1.67. The van der Waals surface area contributed by atoms with E-state index in [-0.39, 0.29) is 0 Å². The lowest BCUT2D eigenvalue weighted by atomic mass is 10.6. The van der Waals surface area contributed by atoms with Crippen LogP contribution >= 0.6 is 0 Å². The molecule has 0 aromatic carbocycles. The van der Waals surface area contributed by atoms with Gasteiger partial charge in [0.05, 0.1) is 26.4 Å². The van der Waals surface area contributed by atoms with Gasteiger partial charge in [-0.3, -0.25) is 9.11 Å². The van der Waals surface area contributed by atoms with Crippen LogP contribution in [0.15, 0.2) is 0 Å². The van der Waals surface area contributed by atoms with E-state index in [1.54, 1.807) is 0 Å². The Labute approximate surface area is 64.7 Å². The van der Waals surface area contributed by atoms with Gasteiger partial charge in [0.2, 0.25) is 0 Å². The molecule has 6 nitrogen and oxygen atoms in total. The van der Waals surface area contributed by atoms with Crippen molar-refractivity contribution in [2.45, 2.75) is 0 Å². The molecule has 1 saturated heterocycles. The Morgan fingerprint density at radius 3 is 1.18 bits per heavy atom. The van der Waals surface area contributed by atoms with E-state index in [1.165, 1.54) is 0 Å². The van der Waals surface area contributed by atoms with Crippen LogP contribution in [0, 0.1) is 0 Å². The minimum absolute atomic E-state index is 0.778. The highest BCUT2D eigenvalue weighted by molar-refractivity contribution is 7.79. The van der Waals surface area contributed by atoms with Crippen LogP contribution in [0.1, 0.15) is 0 Å². The third-order valence-electron chi connectivity index (χ3n) is 0.744. The van der Waals surface area contributed by atoms with E-state index in [0.717, 1.165) is 26.4 Å². The molecule has 0 atom stereocenters. The van der Waals surface area contributed by atoms with Crippen molar-refractivity contribution in [3.63, 3.8) is 0 Å². The molecule has 1 fully saturated rings. The molecular weight excluding hydrogens is 176 g/mol. The Balaban J connectivity index is 0.000000187. The Morgan fingerprint density at radius 2 is 1.09 bits per heavy atom. The van der Waals surface area contributed by atoms with Gasteiger partial charge >= 0.3 is 10.4 Å². The van der Waals surface area contributed by atoms with Crippen molar-refractivity contribution < 1.29 is 27.0 Å². The topological polar surface area (TPSA) is 93.1 Å². The first-order valence-corrected chi connectivity index (χ1v) is 4.25. The summed E-state index contributed by atoms with van der Waals surface area (Å²) in [6.45, 7) is 3.11. The summed E-state index contributed by atoms with van der Waals surface area (Å²) in [6.07, 6.45) is 0. The highest BCUT2D eigenvalue weighted by atomic mass is 32.3. The third-order valence-corrected chi connectivity index (χ3v) is 0.744. The summed E-state index contributed by atoms with van der Waals surface area (Å²) in [4.78, 5) is 0. The number of hydrogen-bond acceptors (Lipinski definition) is 4. The van der Waals surface area contributed by atoms with Crippen LogP contribution in [-0.2, 0) is 19.9 Å². The van der Waals surface area contributed by atoms with Crippen LogP contribution in [0.3, 0.4) is 0 Å². The maximum atomic E-state index is 8.74. The van der Waals surface area contributed by atoms with E-state index in [4.69, 9.17) is 27.0 Å². The molecule has 7 heteroatoms. The largest absolute Gasteiger partial charge is 0.394 e. The van der Waals surface area contributed by atoms with Gasteiger partial charge in [-0.05, 0) is 0 Å². The van der Waals surface area contributed by atoms with Crippen molar-refractivity contribution in [1.29, 1.82) is 0 Å². The Kier molecular flexibility index (Phi) is 5.34. The van der Waals surface area contributed by atoms with Crippen LogP contribution < -0.4 is 0 Å². The van der Waals surface area contributed by atoms with E-state index in [1.807, 2.05) is 0 Å². The summed E-state index contributed by atoms with van der Waals surface area (Å²) in [7, 11) is -4.67. The zero-order chi connectivity index (χ0) is 8.74. The average molecular weight is 186 g/mol. The van der Waals surface area contributed by atoms with Gasteiger partial charge in [0, 0.05) is 0 Å². The van der Waals surface area contributed by atoms with Gasteiger partial charge in [-0.2, -0.15) is 8.42 Å². The quantitative estimate of drug-likeness (QED) is 0.490. The van der Waals surface area contributed by atoms with Gasteiger partial charge in [0.15, 0.2) is 0 Å². The normalized spacial score (nSPS) is 18.4. The molecule has 0 radical (unpaired) electrons. The summed E-state index contributed by atoms with van der Waals surface area (Å²) in [6, 6.07) is 0. The van der Waals surface area contributed by atoms with E-state index >= 15 is 0 Å². The predicted molar refractivity (Wildman–Crippen MR) is 35.8 cm³/mol. The first kappa shape index (κ1) is 10.8. The maximum Gasteiger partial charge on any atom is 0.394 e. The van der Waals surface area contributed by atoms with Crippen LogP contribution in [0.2, 0.25) is 0 Å². The lowest BCUT2D eigenvalue weighted by Gasteiger charge is -2.09. The summed E-state index contributed by atoms with van der Waals surface area (Å²) in [5.41, 5.74) is 0. The molecule has 68 valence electrons. The van der Waals surface area contributed by atoms with Crippen molar-refractivity contribution in [2.24, 2.45) is 0 Å². The first-order chi connectivity index (χ1) is 5.00. The van der Waals surface area contributed by atoms with Gasteiger partial charge in [-0.1, -0.05) is 0 Å². The first-order valence-electron chi connectivity index (χ1n) is 2.85. The zero-order valence-electron chi connectivity index (χ0n) is 5.76. The number of hydrogen-bond donors (Lipinski definition) is 2. The lowest BCUT2D eigenvalue weighted by Crippen LogP contribution is -2.16. The van der Waals surface area contributed by atoms with Crippen LogP contribution in [0.4, 0.5) is 0 Å². The minimum atomic E-state index is -4.67. The van der Waals surface area contributed by atoms with E-state index < -0.39 is 10.4 Å². The summed E-state index contributed by atoms with van der Waals surface area (Å²) in [5.74, 6) is 0. The van der Waals surface area contributed by atoms with Crippen molar-refractivity contribution in [1.82, 2.24) is 0 Å². The van der Waals surface area contributed by atoms with Crippen molar-refractivity contribution >= 4 is 10.4 Å². The number of ether oxygens (including phenoxy) is 2. The Morgan fingerprint density at radius 1 is 0.909 bits per heavy atom. The average Bonchev–Trinajstić information content (AvgIpc) is 1.88. The second-order valence-corrected chi connectivity index (χ2v) is 2.57. The van der Waals surface area contributed by atoms with E-state index in [0.29, 0.717) is 0 Å². The van der Waals surface area contributed by atoms with Gasteiger partial charge < -0.3 is 9.47 Å². The van der Waals surface area contributed by atoms with Crippen molar-refractivity contribution in [3.8, 4) is 0 Å². The van der Waals surface area contributed by atoms with Gasteiger partial charge in [0.1, 0.15) is 0 Å². The molecule has 1 aliphatic rings. The molecule has 0 aliphatic carbocycles. The van der Waals surface area contributed by atoms with Gasteiger partial charge in [-0.15, -0.1) is 0 Å². The highest BCUT2D eigenvalue weighted by Gasteiger charge is 1.94. The summed E-state index contributed by atoms with van der Waals surface area (Å²) >= 11 is 0. The molecule has 0 saturated carbocycles. The fraction of sp³-hybridized carbons (Fsp3) is 1.00. The smallest absolute Gasteiger partial charge is 0.377 e. The lowest BCUT2D eigenvalue weighted by molar-refractivity contribution is -0.0334. The molecular formula is C4H10O6S. The molecule has 11 heavy (non-hydrogen) atoms. The van der Waals surface area contributed by atoms with Crippen molar-refractivity contribution in [3.05, 3.63) is 0 Å². The molecule has 0 aromatic heterocycles. The molecule has 0 unspecified atom stereocenters. The van der Waals surface area contributed by atoms with Crippen LogP contribution in [0.5, 0.6) is 0 Å². The monoisotopic (exact) mass is 186 g/mol. The fourth-order valence-electron chi connectivity index (χ4n) is 0.440. The SMILES string of the molecule is C1COCCO1.O=S(=O)(O)O. The molecule has 0 aromatic rings. The Hall–Kier alpha value is -0.210. The predicted octanol–water partition coefficient (Wildman–Crippen LogP) is -0.620. The van der Waals surface area contributed by atoms with Gasteiger partial charge in [-0.25, -0.2) is 0 Å². The molecule has 2 N–H and O–H groups in total.